The van der Waals surface area contributed by atoms with Crippen LogP contribution in [0.25, 0.3) is 0 Å². The second-order valence-corrected chi connectivity index (χ2v) is 9.03. The van der Waals surface area contributed by atoms with E-state index in [1.165, 1.54) is 55.1 Å². The van der Waals surface area contributed by atoms with E-state index >= 15 is 0 Å². The number of ether oxygens (including phenoxy) is 2. The van der Waals surface area contributed by atoms with E-state index in [0.29, 0.717) is 4.90 Å². The zero-order chi connectivity index (χ0) is 26.5. The molecule has 0 spiro atoms. The molecule has 0 fully saturated rings. The number of benzene rings is 1. The van der Waals surface area contributed by atoms with Gasteiger partial charge in [0.15, 0.2) is 0 Å². The first kappa shape index (κ1) is 27.1. The molecule has 0 aliphatic carbocycles. The molecule has 3 rings (SSSR count). The summed E-state index contributed by atoms with van der Waals surface area (Å²) in [4.78, 5) is 30.5. The highest BCUT2D eigenvalue weighted by Crippen LogP contribution is 2.46. The zero-order valence-corrected chi connectivity index (χ0v) is 20.6. The minimum Gasteiger partial charge on any atom is -0.465 e. The van der Waals surface area contributed by atoms with Crippen LogP contribution in [0, 0.1) is 5.92 Å². The molecule has 192 valence electrons. The normalized spacial score (nSPS) is 20.0. The molecule has 1 aliphatic heterocycles. The highest BCUT2D eigenvalue weighted by atomic mass is 32.2. The number of halogens is 3. The maximum absolute atomic E-state index is 14.0. The predicted octanol–water partition coefficient (Wildman–Crippen LogP) is 4.45. The van der Waals surface area contributed by atoms with Gasteiger partial charge >= 0.3 is 18.1 Å². The van der Waals surface area contributed by atoms with Crippen LogP contribution >= 0.6 is 0 Å². The largest absolute Gasteiger partial charge is 0.465 e. The molecule has 11 heteroatoms. The van der Waals surface area contributed by atoms with E-state index in [1.54, 1.807) is 13.8 Å². The zero-order valence-electron chi connectivity index (χ0n) is 19.8. The molecule has 0 bridgehead atoms. The minimum atomic E-state index is -4.77. The van der Waals surface area contributed by atoms with Crippen molar-refractivity contribution in [1.82, 2.24) is 10.3 Å². The van der Waals surface area contributed by atoms with Crippen molar-refractivity contribution in [3.8, 4) is 0 Å². The third kappa shape index (κ3) is 5.84. The van der Waals surface area contributed by atoms with Gasteiger partial charge in [0.25, 0.3) is 0 Å². The van der Waals surface area contributed by atoms with E-state index in [0.717, 1.165) is 6.07 Å². The van der Waals surface area contributed by atoms with Gasteiger partial charge in [-0.3, -0.25) is 9.78 Å². The van der Waals surface area contributed by atoms with Crippen molar-refractivity contribution in [2.45, 2.75) is 37.8 Å². The summed E-state index contributed by atoms with van der Waals surface area (Å²) in [5, 5.41) is 4.14. The van der Waals surface area contributed by atoms with Crippen molar-refractivity contribution >= 4 is 22.7 Å². The maximum atomic E-state index is 14.0. The van der Waals surface area contributed by atoms with Gasteiger partial charge in [0, 0.05) is 40.0 Å². The summed E-state index contributed by atoms with van der Waals surface area (Å²) >= 11 is 0. The standard InChI is InChI=1S/C25H25F3N2O5S/c1-4-34-23(31)20-15(3)30-19(14-36(33)16-10-12-29-13-11-16)22(24(32)35-5-2)21(20)17-8-6-7-9-18(17)25(26,27)28/h6-14,21-22,30H,4-5H2,1-3H3/b19-14-/t21-,22-,36?/m1/s1. The van der Waals surface area contributed by atoms with Crippen molar-refractivity contribution < 1.29 is 36.4 Å². The average molecular weight is 523 g/mol. The number of rotatable bonds is 7. The first-order chi connectivity index (χ1) is 17.1. The molecule has 3 atom stereocenters. The second kappa shape index (κ2) is 11.5. The van der Waals surface area contributed by atoms with Gasteiger partial charge in [-0.25, -0.2) is 9.00 Å². The Morgan fingerprint density at radius 3 is 2.33 bits per heavy atom. The van der Waals surface area contributed by atoms with E-state index in [-0.39, 0.29) is 35.7 Å². The number of nitrogens with one attached hydrogen (secondary N) is 1. The summed E-state index contributed by atoms with van der Waals surface area (Å²) < 4.78 is 65.6. The molecule has 2 heterocycles. The number of aromatic nitrogens is 1. The summed E-state index contributed by atoms with van der Waals surface area (Å²) in [5.74, 6) is -4.59. The van der Waals surface area contributed by atoms with E-state index in [1.807, 2.05) is 0 Å². The molecular formula is C25H25F3N2O5S. The molecule has 7 nitrogen and oxygen atoms in total. The smallest absolute Gasteiger partial charge is 0.416 e. The first-order valence-electron chi connectivity index (χ1n) is 11.1. The van der Waals surface area contributed by atoms with Crippen molar-refractivity contribution in [3.05, 3.63) is 82.3 Å². The van der Waals surface area contributed by atoms with Gasteiger partial charge in [0.1, 0.15) is 5.92 Å². The fourth-order valence-corrected chi connectivity index (χ4v) is 5.01. The van der Waals surface area contributed by atoms with Crippen LogP contribution in [-0.2, 0) is 36.0 Å². The quantitative estimate of drug-likeness (QED) is 0.537. The van der Waals surface area contributed by atoms with Crippen LogP contribution in [0.2, 0.25) is 0 Å². The van der Waals surface area contributed by atoms with E-state index in [4.69, 9.17) is 9.47 Å². The molecule has 0 saturated heterocycles. The summed E-state index contributed by atoms with van der Waals surface area (Å²) in [7, 11) is -1.79. The van der Waals surface area contributed by atoms with Crippen LogP contribution < -0.4 is 5.32 Å². The number of nitrogens with zero attached hydrogens (tertiary/aromatic N) is 1. The Hall–Kier alpha value is -3.47. The third-order valence-electron chi connectivity index (χ3n) is 5.47. The van der Waals surface area contributed by atoms with Crippen molar-refractivity contribution in [3.63, 3.8) is 0 Å². The molecule has 1 aromatic carbocycles. The lowest BCUT2D eigenvalue weighted by atomic mass is 9.74. The predicted molar refractivity (Wildman–Crippen MR) is 126 cm³/mol. The monoisotopic (exact) mass is 522 g/mol. The van der Waals surface area contributed by atoms with Gasteiger partial charge in [-0.15, -0.1) is 0 Å². The SMILES string of the molecule is CCOC(=O)C1=C(C)N/C(=C\S(=O)c2ccncc2)[C@@H](C(=O)OCC)[C@@H]1c1ccccc1C(F)(F)F. The summed E-state index contributed by atoms with van der Waals surface area (Å²) in [6, 6.07) is 7.75. The highest BCUT2D eigenvalue weighted by Gasteiger charge is 2.47. The van der Waals surface area contributed by atoms with Gasteiger partial charge in [-0.05, 0) is 44.5 Å². The number of pyridine rings is 1. The molecule has 36 heavy (non-hydrogen) atoms. The van der Waals surface area contributed by atoms with Crippen LogP contribution in [0.5, 0.6) is 0 Å². The minimum absolute atomic E-state index is 0.0257. The number of hydrogen-bond donors (Lipinski definition) is 1. The van der Waals surface area contributed by atoms with Gasteiger partial charge in [0.2, 0.25) is 0 Å². The van der Waals surface area contributed by atoms with Crippen LogP contribution in [0.4, 0.5) is 13.2 Å². The Morgan fingerprint density at radius 1 is 1.08 bits per heavy atom. The number of hydrogen-bond acceptors (Lipinski definition) is 7. The molecule has 1 aliphatic rings. The summed E-state index contributed by atoms with van der Waals surface area (Å²) in [6.07, 6.45) is -1.89. The summed E-state index contributed by atoms with van der Waals surface area (Å²) in [5.41, 5.74) is -1.22. The lowest BCUT2D eigenvalue weighted by molar-refractivity contribution is -0.149. The Balaban J connectivity index is 2.30. The van der Waals surface area contributed by atoms with E-state index in [2.05, 4.69) is 10.3 Å². The summed E-state index contributed by atoms with van der Waals surface area (Å²) in [6.45, 7) is 4.52. The first-order valence-corrected chi connectivity index (χ1v) is 12.3. The Kier molecular flexibility index (Phi) is 8.67. The Morgan fingerprint density at radius 2 is 1.72 bits per heavy atom. The topological polar surface area (TPSA) is 94.6 Å². The van der Waals surface area contributed by atoms with Crippen molar-refractivity contribution in [2.75, 3.05) is 13.2 Å². The number of carbonyl (C=O) groups is 2. The molecule has 0 saturated carbocycles. The van der Waals surface area contributed by atoms with Crippen molar-refractivity contribution in [2.24, 2.45) is 5.92 Å². The molecule has 1 N–H and O–H groups in total. The maximum Gasteiger partial charge on any atom is 0.416 e. The third-order valence-corrected chi connectivity index (χ3v) is 6.67. The van der Waals surface area contributed by atoms with Crippen LogP contribution in [0.1, 0.15) is 37.8 Å². The van der Waals surface area contributed by atoms with Gasteiger partial charge in [0.05, 0.1) is 35.1 Å². The fourth-order valence-electron chi connectivity index (χ4n) is 4.04. The highest BCUT2D eigenvalue weighted by molar-refractivity contribution is 7.88. The Labute approximate surface area is 208 Å². The lowest BCUT2D eigenvalue weighted by Gasteiger charge is -2.36. The molecule has 0 radical (unpaired) electrons. The molecular weight excluding hydrogens is 497 g/mol. The van der Waals surface area contributed by atoms with Gasteiger partial charge in [-0.1, -0.05) is 18.2 Å². The molecule has 1 unspecified atom stereocenters. The lowest BCUT2D eigenvalue weighted by Crippen LogP contribution is -2.41. The van der Waals surface area contributed by atoms with Gasteiger partial charge < -0.3 is 14.8 Å². The Bertz CT molecular complexity index is 1210. The van der Waals surface area contributed by atoms with Gasteiger partial charge in [-0.2, -0.15) is 13.2 Å². The molecule has 0 amide bonds. The molecule has 2 aromatic rings. The number of esters is 2. The number of allylic oxidation sites excluding steroid dienone is 1. The van der Waals surface area contributed by atoms with E-state index in [9.17, 15) is 27.0 Å². The van der Waals surface area contributed by atoms with Crippen molar-refractivity contribution in [1.29, 1.82) is 0 Å². The fraction of sp³-hybridized carbons (Fsp3) is 0.320. The second-order valence-electron chi connectivity index (χ2n) is 7.73. The van der Waals surface area contributed by atoms with Crippen LogP contribution in [-0.4, -0.2) is 34.3 Å². The van der Waals surface area contributed by atoms with Crippen LogP contribution in [0.15, 0.2) is 76.1 Å². The average Bonchev–Trinajstić information content (AvgIpc) is 2.83. The molecule has 1 aromatic heterocycles. The number of alkyl halides is 3. The van der Waals surface area contributed by atoms with E-state index < -0.39 is 46.3 Å². The van der Waals surface area contributed by atoms with Crippen LogP contribution in [0.3, 0.4) is 0 Å². The number of carbonyl (C=O) groups excluding carboxylic acids is 2.